The van der Waals surface area contributed by atoms with E-state index in [0.29, 0.717) is 5.15 Å². The maximum atomic E-state index is 6.02. The smallest absolute Gasteiger partial charge is 0.129 e. The van der Waals surface area contributed by atoms with Crippen molar-refractivity contribution in [1.29, 1.82) is 0 Å². The number of hydrogen-bond donors (Lipinski definition) is 0. The van der Waals surface area contributed by atoms with Crippen LogP contribution in [-0.4, -0.2) is 14.8 Å². The van der Waals surface area contributed by atoms with Crippen LogP contribution in [-0.2, 0) is 18.4 Å². The molecule has 1 unspecified atom stereocenters. The van der Waals surface area contributed by atoms with E-state index in [1.54, 1.807) is 0 Å². The van der Waals surface area contributed by atoms with Crippen LogP contribution >= 0.6 is 11.6 Å². The molecule has 0 aliphatic heterocycles. The molecule has 94 valence electrons. The number of halogens is 1. The Labute approximate surface area is 112 Å². The van der Waals surface area contributed by atoms with E-state index in [-0.39, 0.29) is 5.54 Å². The molecule has 1 aliphatic rings. The molecular formula is C14H16ClN3. The molecule has 0 bridgehead atoms. The monoisotopic (exact) mass is 261 g/mol. The van der Waals surface area contributed by atoms with Gasteiger partial charge < -0.3 is 0 Å². The lowest BCUT2D eigenvalue weighted by atomic mass is 9.80. The SMILES string of the molecule is Cc1cc(Cl)nc2c1CC(C)(n1cccn1)CC2. The van der Waals surface area contributed by atoms with Gasteiger partial charge >= 0.3 is 0 Å². The van der Waals surface area contributed by atoms with Gasteiger partial charge in [-0.2, -0.15) is 5.10 Å². The number of aromatic nitrogens is 3. The zero-order chi connectivity index (χ0) is 12.8. The summed E-state index contributed by atoms with van der Waals surface area (Å²) < 4.78 is 2.07. The summed E-state index contributed by atoms with van der Waals surface area (Å²) in [7, 11) is 0. The zero-order valence-corrected chi connectivity index (χ0v) is 11.4. The van der Waals surface area contributed by atoms with Gasteiger partial charge in [-0.25, -0.2) is 4.98 Å². The van der Waals surface area contributed by atoms with Crippen molar-refractivity contribution in [1.82, 2.24) is 14.8 Å². The summed E-state index contributed by atoms with van der Waals surface area (Å²) in [6.45, 7) is 4.37. The molecule has 18 heavy (non-hydrogen) atoms. The van der Waals surface area contributed by atoms with Crippen molar-refractivity contribution in [3.05, 3.63) is 46.5 Å². The van der Waals surface area contributed by atoms with Crippen LogP contribution in [0.2, 0.25) is 5.15 Å². The minimum absolute atomic E-state index is 0.0524. The fourth-order valence-electron chi connectivity index (χ4n) is 2.81. The van der Waals surface area contributed by atoms with Gasteiger partial charge in [-0.1, -0.05) is 11.6 Å². The standard InChI is InChI=1S/C14H16ClN3/c1-10-8-13(15)17-12-4-5-14(2,9-11(10)12)18-7-3-6-16-18/h3,6-8H,4-5,9H2,1-2H3. The fraction of sp³-hybridized carbons (Fsp3) is 0.429. The molecule has 4 heteroatoms. The molecule has 0 aromatic carbocycles. The molecule has 2 aromatic heterocycles. The average molecular weight is 262 g/mol. The number of pyridine rings is 1. The predicted octanol–water partition coefficient (Wildman–Crippen LogP) is 3.14. The van der Waals surface area contributed by atoms with Crippen molar-refractivity contribution < 1.29 is 0 Å². The van der Waals surface area contributed by atoms with Gasteiger partial charge in [0.2, 0.25) is 0 Å². The van der Waals surface area contributed by atoms with Crippen LogP contribution in [0, 0.1) is 6.92 Å². The van der Waals surface area contributed by atoms with Crippen LogP contribution in [0.4, 0.5) is 0 Å². The third-order valence-corrected chi connectivity index (χ3v) is 4.11. The van der Waals surface area contributed by atoms with Crippen LogP contribution < -0.4 is 0 Å². The Kier molecular flexibility index (Phi) is 2.67. The van der Waals surface area contributed by atoms with Crippen LogP contribution in [0.25, 0.3) is 0 Å². The quantitative estimate of drug-likeness (QED) is 0.739. The molecule has 0 amide bonds. The summed E-state index contributed by atoms with van der Waals surface area (Å²) in [5.41, 5.74) is 3.79. The van der Waals surface area contributed by atoms with Crippen molar-refractivity contribution in [3.8, 4) is 0 Å². The number of fused-ring (bicyclic) bond motifs is 1. The zero-order valence-electron chi connectivity index (χ0n) is 10.7. The van der Waals surface area contributed by atoms with Crippen LogP contribution in [0.5, 0.6) is 0 Å². The second kappa shape index (κ2) is 4.09. The fourth-order valence-corrected chi connectivity index (χ4v) is 3.08. The minimum atomic E-state index is 0.0524. The Balaban J connectivity index is 2.03. The normalized spacial score (nSPS) is 22.8. The first-order chi connectivity index (χ1) is 8.58. The molecule has 1 aliphatic carbocycles. The minimum Gasteiger partial charge on any atom is -0.267 e. The average Bonchev–Trinajstić information content (AvgIpc) is 2.84. The van der Waals surface area contributed by atoms with Gasteiger partial charge in [0.1, 0.15) is 5.15 Å². The molecule has 0 saturated carbocycles. The topological polar surface area (TPSA) is 30.7 Å². The maximum Gasteiger partial charge on any atom is 0.129 e. The molecule has 0 fully saturated rings. The Hall–Kier alpha value is -1.35. The Bertz CT molecular complexity index is 577. The van der Waals surface area contributed by atoms with E-state index >= 15 is 0 Å². The molecule has 3 nitrogen and oxygen atoms in total. The predicted molar refractivity (Wildman–Crippen MR) is 71.9 cm³/mol. The van der Waals surface area contributed by atoms with Gasteiger partial charge in [0.05, 0.1) is 5.54 Å². The third-order valence-electron chi connectivity index (χ3n) is 3.92. The first-order valence-electron chi connectivity index (χ1n) is 6.23. The summed E-state index contributed by atoms with van der Waals surface area (Å²) in [5.74, 6) is 0. The first-order valence-corrected chi connectivity index (χ1v) is 6.61. The second-order valence-corrected chi connectivity index (χ2v) is 5.70. The molecule has 2 aromatic rings. The highest BCUT2D eigenvalue weighted by atomic mass is 35.5. The van der Waals surface area contributed by atoms with E-state index in [9.17, 15) is 0 Å². The lowest BCUT2D eigenvalue weighted by Gasteiger charge is -2.35. The highest BCUT2D eigenvalue weighted by Crippen LogP contribution is 2.35. The molecule has 1 atom stereocenters. The number of aryl methyl sites for hydroxylation is 2. The summed E-state index contributed by atoms with van der Waals surface area (Å²) >= 11 is 6.02. The van der Waals surface area contributed by atoms with E-state index in [2.05, 4.69) is 28.6 Å². The Morgan fingerprint density at radius 3 is 3.00 bits per heavy atom. The number of nitrogens with zero attached hydrogens (tertiary/aromatic N) is 3. The van der Waals surface area contributed by atoms with Gasteiger partial charge in [0, 0.05) is 18.1 Å². The Morgan fingerprint density at radius 1 is 1.44 bits per heavy atom. The highest BCUT2D eigenvalue weighted by Gasteiger charge is 2.33. The number of hydrogen-bond acceptors (Lipinski definition) is 2. The van der Waals surface area contributed by atoms with E-state index in [0.717, 1.165) is 25.0 Å². The summed E-state index contributed by atoms with van der Waals surface area (Å²) in [5, 5.41) is 5.01. The van der Waals surface area contributed by atoms with Gasteiger partial charge in [0.15, 0.2) is 0 Å². The second-order valence-electron chi connectivity index (χ2n) is 5.31. The third kappa shape index (κ3) is 1.83. The van der Waals surface area contributed by atoms with Crippen molar-refractivity contribution in [2.24, 2.45) is 0 Å². The lowest BCUT2D eigenvalue weighted by molar-refractivity contribution is 0.247. The summed E-state index contributed by atoms with van der Waals surface area (Å²) in [6, 6.07) is 3.93. The lowest BCUT2D eigenvalue weighted by Crippen LogP contribution is -2.37. The number of rotatable bonds is 1. The van der Waals surface area contributed by atoms with Crippen molar-refractivity contribution in [2.75, 3.05) is 0 Å². The van der Waals surface area contributed by atoms with Gasteiger partial charge in [0.25, 0.3) is 0 Å². The van der Waals surface area contributed by atoms with Gasteiger partial charge in [-0.05, 0) is 56.4 Å². The highest BCUT2D eigenvalue weighted by molar-refractivity contribution is 6.29. The van der Waals surface area contributed by atoms with E-state index < -0.39 is 0 Å². The molecule has 0 N–H and O–H groups in total. The van der Waals surface area contributed by atoms with Crippen LogP contribution in [0.15, 0.2) is 24.5 Å². The molecule has 0 saturated heterocycles. The van der Waals surface area contributed by atoms with Crippen molar-refractivity contribution in [2.45, 2.75) is 38.6 Å². The molecule has 0 spiro atoms. The molecular weight excluding hydrogens is 246 g/mol. The van der Waals surface area contributed by atoms with Gasteiger partial charge in [-0.3, -0.25) is 4.68 Å². The van der Waals surface area contributed by atoms with Crippen LogP contribution in [0.1, 0.15) is 30.2 Å². The van der Waals surface area contributed by atoms with E-state index in [4.69, 9.17) is 11.6 Å². The molecule has 2 heterocycles. The van der Waals surface area contributed by atoms with E-state index in [1.165, 1.54) is 11.1 Å². The first kappa shape index (κ1) is 11.7. The largest absolute Gasteiger partial charge is 0.267 e. The maximum absolute atomic E-state index is 6.02. The van der Waals surface area contributed by atoms with Crippen LogP contribution in [0.3, 0.4) is 0 Å². The van der Waals surface area contributed by atoms with Crippen molar-refractivity contribution >= 4 is 11.6 Å². The Morgan fingerprint density at radius 2 is 2.28 bits per heavy atom. The van der Waals surface area contributed by atoms with Crippen molar-refractivity contribution in [3.63, 3.8) is 0 Å². The summed E-state index contributed by atoms with van der Waals surface area (Å²) in [6.07, 6.45) is 6.87. The molecule has 0 radical (unpaired) electrons. The summed E-state index contributed by atoms with van der Waals surface area (Å²) in [4.78, 5) is 4.46. The van der Waals surface area contributed by atoms with E-state index in [1.807, 2.05) is 24.5 Å². The molecule has 3 rings (SSSR count). The van der Waals surface area contributed by atoms with Gasteiger partial charge in [-0.15, -0.1) is 0 Å².